The molecule has 5 nitrogen and oxygen atoms in total. The van der Waals surface area contributed by atoms with Gasteiger partial charge in [-0.1, -0.05) is 0 Å². The molecule has 0 radical (unpaired) electrons. The van der Waals surface area contributed by atoms with Crippen LogP contribution in [-0.4, -0.2) is 28.4 Å². The number of anilines is 1. The van der Waals surface area contributed by atoms with Crippen molar-refractivity contribution in [2.75, 3.05) is 19.0 Å². The molecule has 0 aliphatic carbocycles. The van der Waals surface area contributed by atoms with Gasteiger partial charge in [0, 0.05) is 30.1 Å². The van der Waals surface area contributed by atoms with Crippen molar-refractivity contribution in [3.8, 4) is 22.7 Å². The molecule has 4 rings (SSSR count). The number of aromatic nitrogens is 3. The summed E-state index contributed by atoms with van der Waals surface area (Å²) in [6.45, 7) is 0.946. The van der Waals surface area contributed by atoms with E-state index in [1.165, 1.54) is 5.56 Å². The van der Waals surface area contributed by atoms with Gasteiger partial charge in [0.05, 0.1) is 18.5 Å². The van der Waals surface area contributed by atoms with Crippen LogP contribution in [0.4, 0.5) is 5.82 Å². The fourth-order valence-corrected chi connectivity index (χ4v) is 2.83. The summed E-state index contributed by atoms with van der Waals surface area (Å²) in [6.07, 6.45) is 4.59. The molecule has 3 heterocycles. The van der Waals surface area contributed by atoms with Gasteiger partial charge in [-0.15, -0.1) is 0 Å². The predicted molar refractivity (Wildman–Crippen MR) is 85.5 cm³/mol. The van der Waals surface area contributed by atoms with Crippen molar-refractivity contribution in [3.63, 3.8) is 0 Å². The van der Waals surface area contributed by atoms with Crippen LogP contribution in [0.5, 0.6) is 5.75 Å². The Balaban J connectivity index is 1.84. The van der Waals surface area contributed by atoms with Crippen LogP contribution >= 0.6 is 0 Å². The van der Waals surface area contributed by atoms with Crippen molar-refractivity contribution in [1.82, 2.24) is 14.8 Å². The van der Waals surface area contributed by atoms with Crippen molar-refractivity contribution < 1.29 is 4.74 Å². The number of nitrogens with zero attached hydrogens (tertiary/aromatic N) is 3. The first-order valence-electron chi connectivity index (χ1n) is 7.27. The van der Waals surface area contributed by atoms with Gasteiger partial charge in [0.2, 0.25) is 0 Å². The Bertz CT molecular complexity index is 794. The highest BCUT2D eigenvalue weighted by atomic mass is 16.5. The van der Waals surface area contributed by atoms with Gasteiger partial charge in [0.1, 0.15) is 11.6 Å². The van der Waals surface area contributed by atoms with Gasteiger partial charge in [-0.3, -0.25) is 4.98 Å². The van der Waals surface area contributed by atoms with Crippen LogP contribution in [0.2, 0.25) is 0 Å². The van der Waals surface area contributed by atoms with Gasteiger partial charge in [-0.2, -0.15) is 5.10 Å². The van der Waals surface area contributed by atoms with Crippen LogP contribution in [-0.2, 0) is 6.42 Å². The van der Waals surface area contributed by atoms with Crippen molar-refractivity contribution >= 4 is 5.82 Å². The molecular formula is C17H16N4O. The highest BCUT2D eigenvalue weighted by Crippen LogP contribution is 2.34. The summed E-state index contributed by atoms with van der Waals surface area (Å²) in [4.78, 5) is 4.08. The Morgan fingerprint density at radius 2 is 1.86 bits per heavy atom. The first kappa shape index (κ1) is 12.9. The van der Waals surface area contributed by atoms with Crippen molar-refractivity contribution in [2.24, 2.45) is 0 Å². The largest absolute Gasteiger partial charge is 0.497 e. The van der Waals surface area contributed by atoms with E-state index in [0.29, 0.717) is 0 Å². The Hall–Kier alpha value is -2.82. The standard InChI is InChI=1S/C17H16N4O/c1-22-14-4-2-13(3-5-14)21-17-15(8-11-19-17)16(20-21)12-6-9-18-10-7-12/h2-7,9-10,19H,8,11H2,1H3. The fourth-order valence-electron chi connectivity index (χ4n) is 2.83. The summed E-state index contributed by atoms with van der Waals surface area (Å²) in [5, 5.41) is 8.25. The first-order chi connectivity index (χ1) is 10.9. The lowest BCUT2D eigenvalue weighted by molar-refractivity contribution is 0.414. The minimum Gasteiger partial charge on any atom is -0.497 e. The van der Waals surface area contributed by atoms with Crippen molar-refractivity contribution in [3.05, 3.63) is 54.4 Å². The first-order valence-corrected chi connectivity index (χ1v) is 7.27. The summed E-state index contributed by atoms with van der Waals surface area (Å²) in [7, 11) is 1.67. The molecule has 1 aliphatic heterocycles. The van der Waals surface area contributed by atoms with Crippen LogP contribution in [0, 0.1) is 0 Å². The number of pyridine rings is 1. The highest BCUT2D eigenvalue weighted by molar-refractivity contribution is 5.72. The second-order valence-electron chi connectivity index (χ2n) is 5.20. The zero-order valence-electron chi connectivity index (χ0n) is 12.3. The molecule has 0 spiro atoms. The maximum atomic E-state index is 5.22. The molecule has 0 bridgehead atoms. The van der Waals surface area contributed by atoms with Crippen LogP contribution in [0.1, 0.15) is 5.56 Å². The summed E-state index contributed by atoms with van der Waals surface area (Å²) < 4.78 is 7.19. The summed E-state index contributed by atoms with van der Waals surface area (Å²) in [6, 6.07) is 11.9. The number of methoxy groups -OCH3 is 1. The molecule has 0 fully saturated rings. The van der Waals surface area contributed by atoms with Gasteiger partial charge < -0.3 is 10.1 Å². The van der Waals surface area contributed by atoms with Gasteiger partial charge in [-0.25, -0.2) is 4.68 Å². The van der Waals surface area contributed by atoms with E-state index in [9.17, 15) is 0 Å². The van der Waals surface area contributed by atoms with Crippen LogP contribution in [0.3, 0.4) is 0 Å². The molecule has 0 saturated heterocycles. The number of hydrogen-bond donors (Lipinski definition) is 1. The highest BCUT2D eigenvalue weighted by Gasteiger charge is 2.23. The average Bonchev–Trinajstić information content (AvgIpc) is 3.18. The van der Waals surface area contributed by atoms with Gasteiger partial charge in [0.25, 0.3) is 0 Å². The summed E-state index contributed by atoms with van der Waals surface area (Å²) in [5.41, 5.74) is 4.41. The zero-order chi connectivity index (χ0) is 14.9. The molecule has 1 N–H and O–H groups in total. The Morgan fingerprint density at radius 3 is 2.59 bits per heavy atom. The summed E-state index contributed by atoms with van der Waals surface area (Å²) in [5.74, 6) is 1.92. The lowest BCUT2D eigenvalue weighted by atomic mass is 10.1. The van der Waals surface area contributed by atoms with E-state index in [2.05, 4.69) is 10.3 Å². The van der Waals surface area contributed by atoms with Crippen molar-refractivity contribution in [2.45, 2.75) is 6.42 Å². The van der Waals surface area contributed by atoms with Crippen LogP contribution in [0.25, 0.3) is 16.9 Å². The molecular weight excluding hydrogens is 276 g/mol. The average molecular weight is 292 g/mol. The third-order valence-electron chi connectivity index (χ3n) is 3.92. The molecule has 0 unspecified atom stereocenters. The molecule has 22 heavy (non-hydrogen) atoms. The lowest BCUT2D eigenvalue weighted by Crippen LogP contribution is -2.04. The molecule has 0 amide bonds. The van der Waals surface area contributed by atoms with Gasteiger partial charge >= 0.3 is 0 Å². The van der Waals surface area contributed by atoms with E-state index < -0.39 is 0 Å². The predicted octanol–water partition coefficient (Wildman–Crippen LogP) is 2.91. The number of nitrogens with one attached hydrogen (secondary N) is 1. The molecule has 1 aromatic carbocycles. The fraction of sp³-hybridized carbons (Fsp3) is 0.176. The topological polar surface area (TPSA) is 52.0 Å². The molecule has 0 atom stereocenters. The SMILES string of the molecule is COc1ccc(-n2nc(-c3ccncc3)c3c2NCC3)cc1. The van der Waals surface area contributed by atoms with E-state index in [-0.39, 0.29) is 0 Å². The second-order valence-corrected chi connectivity index (χ2v) is 5.20. The lowest BCUT2D eigenvalue weighted by Gasteiger charge is -2.07. The molecule has 0 saturated carbocycles. The van der Waals surface area contributed by atoms with E-state index >= 15 is 0 Å². The van der Waals surface area contributed by atoms with Crippen LogP contribution in [0.15, 0.2) is 48.8 Å². The maximum Gasteiger partial charge on any atom is 0.133 e. The third-order valence-corrected chi connectivity index (χ3v) is 3.92. The normalized spacial score (nSPS) is 12.8. The third kappa shape index (κ3) is 2.02. The number of rotatable bonds is 3. The Kier molecular flexibility index (Phi) is 3.04. The summed E-state index contributed by atoms with van der Waals surface area (Å²) >= 11 is 0. The quantitative estimate of drug-likeness (QED) is 0.806. The smallest absolute Gasteiger partial charge is 0.133 e. The monoisotopic (exact) mass is 292 g/mol. The van der Waals surface area contributed by atoms with Crippen LogP contribution < -0.4 is 10.1 Å². The minimum absolute atomic E-state index is 0.842. The van der Waals surface area contributed by atoms with E-state index in [4.69, 9.17) is 9.84 Å². The molecule has 1 aliphatic rings. The number of hydrogen-bond acceptors (Lipinski definition) is 4. The van der Waals surface area contributed by atoms with E-state index in [1.807, 2.05) is 41.1 Å². The van der Waals surface area contributed by atoms with E-state index in [1.54, 1.807) is 19.5 Å². The minimum atomic E-state index is 0.842. The molecule has 5 heteroatoms. The van der Waals surface area contributed by atoms with Gasteiger partial charge in [0.15, 0.2) is 0 Å². The number of benzene rings is 1. The molecule has 110 valence electrons. The van der Waals surface area contributed by atoms with E-state index in [0.717, 1.165) is 41.5 Å². The molecule has 2 aromatic heterocycles. The zero-order valence-corrected chi connectivity index (χ0v) is 12.3. The maximum absolute atomic E-state index is 5.22. The molecule has 3 aromatic rings. The van der Waals surface area contributed by atoms with Crippen molar-refractivity contribution in [1.29, 1.82) is 0 Å². The number of fused-ring (bicyclic) bond motifs is 1. The van der Waals surface area contributed by atoms with Gasteiger partial charge in [-0.05, 0) is 42.8 Å². The Morgan fingerprint density at radius 1 is 1.09 bits per heavy atom. The number of ether oxygens (including phenoxy) is 1. The second kappa shape index (κ2) is 5.18. The Labute approximate surface area is 128 Å².